The first-order valence-corrected chi connectivity index (χ1v) is 21.5. The van der Waals surface area contributed by atoms with Crippen LogP contribution in [-0.2, 0) is 13.9 Å². The maximum absolute atomic E-state index is 14.4. The number of rotatable bonds is 23. The lowest BCUT2D eigenvalue weighted by molar-refractivity contribution is -0.121. The molecule has 58 heavy (non-hydrogen) atoms. The number of unbranched alkanes of at least 4 members (excludes halogenated alkanes) is 1. The molecule has 2 aromatic carbocycles. The van der Waals surface area contributed by atoms with E-state index in [1.807, 2.05) is 30.3 Å². The summed E-state index contributed by atoms with van der Waals surface area (Å²) in [5.41, 5.74) is 6.29. The number of nitrogens with one attached hydrogen (secondary N) is 3. The van der Waals surface area contributed by atoms with Crippen molar-refractivity contribution in [1.82, 2.24) is 29.9 Å². The number of benzene rings is 2. The zero-order valence-electron chi connectivity index (χ0n) is 33.2. The van der Waals surface area contributed by atoms with Crippen molar-refractivity contribution in [3.8, 4) is 5.75 Å². The summed E-state index contributed by atoms with van der Waals surface area (Å²) in [4.78, 5) is 35.8. The number of hydrogen-bond acceptors (Lipinski definition) is 9. The van der Waals surface area contributed by atoms with Gasteiger partial charge in [-0.25, -0.2) is 14.6 Å². The molecule has 6 N–H and O–H groups in total. The van der Waals surface area contributed by atoms with Crippen molar-refractivity contribution in [3.05, 3.63) is 132 Å². The van der Waals surface area contributed by atoms with Crippen molar-refractivity contribution < 1.29 is 23.5 Å². The number of nitrogens with zero attached hydrogens (tertiary/aromatic N) is 3. The average molecular weight is 810 g/mol. The molecule has 0 radical (unpaired) electrons. The van der Waals surface area contributed by atoms with Gasteiger partial charge in [-0.3, -0.25) is 19.1 Å². The largest absolute Gasteiger partial charge is 0.458 e. The summed E-state index contributed by atoms with van der Waals surface area (Å²) in [7, 11) is -4.07. The Kier molecular flexibility index (Phi) is 17.0. The molecule has 1 aliphatic carbocycles. The first-order chi connectivity index (χ1) is 28.2. The Labute approximate surface area is 340 Å². The molecule has 1 amide bonds. The standard InChI is InChI=1S/C44H56N7O6P/c1-3-4-5-6-7-8-9-10-11-12-13-14-15-16-17-18-19-27-40(53)46-28-29-48-58(55,57-39-26-22-24-34-23-20-21-25-35(34)39)56-31-36-33(2)37(30-38(36)52)51-32-47-41-42(51)49-44(45)50-43(41)54/h4-5,7-8,10-11,13-14,16-17,20-26,32,36-38,52H,2-3,6,9,12,15,18-19,27-31H2,1H3,(H,46,53)(H,48,55)(H3,45,49,50,54)/b5-4-,8-7-,11-10-,14-13-,17-16-/t36-,37?,38-,58?/m0/s1. The molecule has 4 atom stereocenters. The maximum atomic E-state index is 14.4. The van der Waals surface area contributed by atoms with Gasteiger partial charge in [0, 0.05) is 30.8 Å². The highest BCUT2D eigenvalue weighted by atomic mass is 31.2. The molecule has 5 rings (SSSR count). The molecule has 1 saturated carbocycles. The van der Waals surface area contributed by atoms with Gasteiger partial charge >= 0.3 is 7.75 Å². The molecule has 0 spiro atoms. The van der Waals surface area contributed by atoms with Gasteiger partial charge in [0.05, 0.1) is 25.1 Å². The number of fused-ring (bicyclic) bond motifs is 2. The topological polar surface area (TPSA) is 186 Å². The lowest BCUT2D eigenvalue weighted by Gasteiger charge is -2.24. The van der Waals surface area contributed by atoms with Gasteiger partial charge in [-0.15, -0.1) is 0 Å². The Balaban J connectivity index is 1.08. The molecule has 1 fully saturated rings. The van der Waals surface area contributed by atoms with E-state index in [0.717, 1.165) is 49.3 Å². The van der Waals surface area contributed by atoms with Crippen LogP contribution >= 0.6 is 7.75 Å². The summed E-state index contributed by atoms with van der Waals surface area (Å²) >= 11 is 0. The van der Waals surface area contributed by atoms with Gasteiger partial charge in [-0.05, 0) is 68.4 Å². The van der Waals surface area contributed by atoms with E-state index < -0.39 is 31.4 Å². The van der Waals surface area contributed by atoms with E-state index >= 15 is 0 Å². The van der Waals surface area contributed by atoms with Crippen molar-refractivity contribution in [2.45, 2.75) is 76.9 Å². The van der Waals surface area contributed by atoms with Crippen molar-refractivity contribution >= 4 is 41.5 Å². The molecular formula is C44H56N7O6P. The van der Waals surface area contributed by atoms with E-state index in [9.17, 15) is 19.3 Å². The van der Waals surface area contributed by atoms with E-state index in [4.69, 9.17) is 14.8 Å². The van der Waals surface area contributed by atoms with Gasteiger partial charge in [-0.1, -0.05) is 111 Å². The number of carbonyl (C=O) groups is 1. The third kappa shape index (κ3) is 12.8. The minimum absolute atomic E-state index is 0.0570. The molecule has 13 nitrogen and oxygen atoms in total. The van der Waals surface area contributed by atoms with Gasteiger partial charge in [0.25, 0.3) is 5.56 Å². The second kappa shape index (κ2) is 22.6. The molecule has 14 heteroatoms. The summed E-state index contributed by atoms with van der Waals surface area (Å²) < 4.78 is 28.2. The highest BCUT2D eigenvalue weighted by Crippen LogP contribution is 2.48. The van der Waals surface area contributed by atoms with Gasteiger partial charge in [0.15, 0.2) is 11.2 Å². The molecule has 0 aliphatic heterocycles. The summed E-state index contributed by atoms with van der Waals surface area (Å²) in [5, 5.41) is 18.5. The number of hydrogen-bond donors (Lipinski definition) is 5. The predicted molar refractivity (Wildman–Crippen MR) is 232 cm³/mol. The Morgan fingerprint density at radius 1 is 1.00 bits per heavy atom. The van der Waals surface area contributed by atoms with E-state index in [1.54, 1.807) is 16.7 Å². The van der Waals surface area contributed by atoms with Gasteiger partial charge in [0.1, 0.15) is 5.75 Å². The minimum atomic E-state index is -4.07. The van der Waals surface area contributed by atoms with Crippen molar-refractivity contribution in [3.63, 3.8) is 0 Å². The van der Waals surface area contributed by atoms with Gasteiger partial charge < -0.3 is 25.2 Å². The van der Waals surface area contributed by atoms with Crippen LogP contribution in [0, 0.1) is 5.92 Å². The number of imidazole rings is 1. The molecule has 4 aromatic rings. The van der Waals surface area contributed by atoms with E-state index in [0.29, 0.717) is 24.2 Å². The first kappa shape index (κ1) is 43.8. The molecule has 0 bridgehead atoms. The summed E-state index contributed by atoms with van der Waals surface area (Å²) in [6, 6.07) is 12.5. The summed E-state index contributed by atoms with van der Waals surface area (Å²) in [6.07, 6.45) is 29.0. The van der Waals surface area contributed by atoms with Gasteiger partial charge in [0.2, 0.25) is 11.9 Å². The highest BCUT2D eigenvalue weighted by Gasteiger charge is 2.40. The van der Waals surface area contributed by atoms with Crippen LogP contribution in [0.2, 0.25) is 0 Å². The molecule has 2 heterocycles. The quantitative estimate of drug-likeness (QED) is 0.0278. The van der Waals surface area contributed by atoms with Crippen LogP contribution < -0.4 is 26.2 Å². The normalized spacial score (nSPS) is 18.6. The van der Waals surface area contributed by atoms with E-state index in [2.05, 4.69) is 99.6 Å². The van der Waals surface area contributed by atoms with Crippen LogP contribution in [0.3, 0.4) is 0 Å². The van der Waals surface area contributed by atoms with Crippen LogP contribution in [0.1, 0.15) is 70.8 Å². The fourth-order valence-corrected chi connectivity index (χ4v) is 8.01. The molecular weight excluding hydrogens is 754 g/mol. The minimum Gasteiger partial charge on any atom is -0.413 e. The maximum Gasteiger partial charge on any atom is 0.458 e. The van der Waals surface area contributed by atoms with Crippen LogP contribution in [0.15, 0.2) is 126 Å². The lowest BCUT2D eigenvalue weighted by atomic mass is 10.0. The van der Waals surface area contributed by atoms with Crippen LogP contribution in [0.5, 0.6) is 5.75 Å². The number of allylic oxidation sites excluding steroid dienone is 10. The van der Waals surface area contributed by atoms with Crippen molar-refractivity contribution in [1.29, 1.82) is 0 Å². The molecule has 2 aromatic heterocycles. The second-order valence-electron chi connectivity index (χ2n) is 14.0. The molecule has 308 valence electrons. The fraction of sp³-hybridized carbons (Fsp3) is 0.364. The Morgan fingerprint density at radius 2 is 1.67 bits per heavy atom. The third-order valence-corrected chi connectivity index (χ3v) is 11.2. The fourth-order valence-electron chi connectivity index (χ4n) is 6.64. The number of anilines is 1. The number of carbonyl (C=O) groups excluding carboxylic acids is 1. The Hall–Kier alpha value is -5.33. The number of aromatic nitrogens is 4. The smallest absolute Gasteiger partial charge is 0.413 e. The zero-order chi connectivity index (χ0) is 41.2. The van der Waals surface area contributed by atoms with Crippen molar-refractivity contribution in [2.24, 2.45) is 5.92 Å². The Bertz CT molecular complexity index is 2230. The lowest BCUT2D eigenvalue weighted by Crippen LogP contribution is -2.32. The Morgan fingerprint density at radius 3 is 2.40 bits per heavy atom. The zero-order valence-corrected chi connectivity index (χ0v) is 34.1. The molecule has 0 saturated heterocycles. The predicted octanol–water partition coefficient (Wildman–Crippen LogP) is 8.16. The second-order valence-corrected chi connectivity index (χ2v) is 15.7. The summed E-state index contributed by atoms with van der Waals surface area (Å²) in [6.45, 7) is 6.47. The number of H-pyrrole nitrogens is 1. The number of nitrogens with two attached hydrogens (primary N) is 1. The SMILES string of the molecule is C=C1C(n2cnc3c(=O)[nH]c(N)nc32)C[C@H](O)[C@H]1COP(=O)(NCCNC(=O)CCC/C=C\C/C=C\C/C=C\C/C=C\C/C=C\CC)Oc1cccc2ccccc12. The molecule has 2 unspecified atom stereocenters. The average Bonchev–Trinajstić information content (AvgIpc) is 3.76. The number of aromatic amines is 1. The summed E-state index contributed by atoms with van der Waals surface area (Å²) in [5.74, 6) is -0.439. The monoisotopic (exact) mass is 809 g/mol. The number of nitrogen functional groups attached to an aromatic ring is 1. The van der Waals surface area contributed by atoms with Gasteiger partial charge in [-0.2, -0.15) is 4.98 Å². The number of amides is 1. The van der Waals surface area contributed by atoms with Crippen LogP contribution in [0.4, 0.5) is 5.95 Å². The number of aliphatic hydroxyl groups is 1. The highest BCUT2D eigenvalue weighted by molar-refractivity contribution is 7.52. The first-order valence-electron chi connectivity index (χ1n) is 20.0. The molecule has 1 aliphatic rings. The van der Waals surface area contributed by atoms with Crippen LogP contribution in [-0.4, -0.2) is 56.3 Å². The van der Waals surface area contributed by atoms with Crippen LogP contribution in [0.25, 0.3) is 21.9 Å². The van der Waals surface area contributed by atoms with E-state index in [1.165, 1.54) is 6.33 Å². The number of aliphatic hydroxyl groups excluding tert-OH is 1. The third-order valence-electron chi connectivity index (χ3n) is 9.70. The van der Waals surface area contributed by atoms with E-state index in [-0.39, 0.29) is 49.1 Å². The van der Waals surface area contributed by atoms with Crippen molar-refractivity contribution in [2.75, 3.05) is 25.4 Å².